The van der Waals surface area contributed by atoms with Gasteiger partial charge in [0.1, 0.15) is 0 Å². The van der Waals surface area contributed by atoms with Crippen molar-refractivity contribution in [2.45, 2.75) is 0 Å². The third-order valence-electron chi connectivity index (χ3n) is 1.95. The summed E-state index contributed by atoms with van der Waals surface area (Å²) < 4.78 is 0. The van der Waals surface area contributed by atoms with Crippen molar-refractivity contribution in [1.29, 1.82) is 0 Å². The number of fused-ring (bicyclic) bond motifs is 1. The summed E-state index contributed by atoms with van der Waals surface area (Å²) in [6.07, 6.45) is 1.70. The second kappa shape index (κ2) is 3.87. The van der Waals surface area contributed by atoms with Gasteiger partial charge in [0.25, 0.3) is 0 Å². The van der Waals surface area contributed by atoms with Gasteiger partial charge in [-0.1, -0.05) is 24.3 Å². The molecule has 0 fully saturated rings. The van der Waals surface area contributed by atoms with Crippen LogP contribution in [0.1, 0.15) is 5.69 Å². The van der Waals surface area contributed by atoms with E-state index < -0.39 is 0 Å². The summed E-state index contributed by atoms with van der Waals surface area (Å²) in [5.74, 6) is 0. The Labute approximate surface area is 82.5 Å². The Morgan fingerprint density at radius 3 is 2.93 bits per heavy atom. The van der Waals surface area contributed by atoms with E-state index in [-0.39, 0.29) is 0 Å². The first-order valence-corrected chi connectivity index (χ1v) is 4.46. The van der Waals surface area contributed by atoms with Crippen LogP contribution in [0.5, 0.6) is 0 Å². The van der Waals surface area contributed by atoms with Gasteiger partial charge in [-0.25, -0.2) is 4.98 Å². The molecule has 0 aliphatic heterocycles. The number of hydrazone groups is 1. The molecule has 0 unspecified atom stereocenters. The fourth-order valence-corrected chi connectivity index (χ4v) is 1.28. The highest BCUT2D eigenvalue weighted by Gasteiger charge is 1.93. The molecule has 0 atom stereocenters. The summed E-state index contributed by atoms with van der Waals surface area (Å²) in [6, 6.07) is 12.0. The number of hydrogen-bond donors (Lipinski definition) is 1. The van der Waals surface area contributed by atoms with Gasteiger partial charge in [0.15, 0.2) is 0 Å². The number of para-hydroxylation sites is 1. The summed E-state index contributed by atoms with van der Waals surface area (Å²) in [5.41, 5.74) is 4.55. The molecule has 0 spiro atoms. The molecule has 1 N–H and O–H groups in total. The third kappa shape index (κ3) is 1.71. The molecule has 14 heavy (non-hydrogen) atoms. The number of aromatic nitrogens is 1. The van der Waals surface area contributed by atoms with Crippen molar-refractivity contribution in [2.75, 3.05) is 7.05 Å². The lowest BCUT2D eigenvalue weighted by Gasteiger charge is -1.97. The fraction of sp³-hybridized carbons (Fsp3) is 0.0909. The van der Waals surface area contributed by atoms with Crippen LogP contribution in [0.2, 0.25) is 0 Å². The van der Waals surface area contributed by atoms with Crippen molar-refractivity contribution in [3.63, 3.8) is 0 Å². The van der Waals surface area contributed by atoms with Crippen LogP contribution in [0, 0.1) is 0 Å². The standard InChI is InChI=1S/C11H11N3/c1-12-13-8-10-7-6-9-4-2-3-5-11(9)14-10/h2-8,12H,1H3/b13-8+. The Morgan fingerprint density at radius 1 is 1.21 bits per heavy atom. The molecule has 70 valence electrons. The molecule has 0 aliphatic rings. The second-order valence-corrected chi connectivity index (χ2v) is 2.91. The van der Waals surface area contributed by atoms with E-state index in [4.69, 9.17) is 0 Å². The van der Waals surface area contributed by atoms with E-state index in [9.17, 15) is 0 Å². The molecule has 0 bridgehead atoms. The largest absolute Gasteiger partial charge is 0.313 e. The number of nitrogens with zero attached hydrogens (tertiary/aromatic N) is 2. The van der Waals surface area contributed by atoms with E-state index in [1.165, 1.54) is 0 Å². The number of pyridine rings is 1. The van der Waals surface area contributed by atoms with Crippen molar-refractivity contribution < 1.29 is 0 Å². The van der Waals surface area contributed by atoms with Crippen molar-refractivity contribution in [3.05, 3.63) is 42.1 Å². The molecule has 3 nitrogen and oxygen atoms in total. The van der Waals surface area contributed by atoms with E-state index in [0.29, 0.717) is 0 Å². The summed E-state index contributed by atoms with van der Waals surface area (Å²) >= 11 is 0. The van der Waals surface area contributed by atoms with E-state index in [2.05, 4.69) is 15.5 Å². The topological polar surface area (TPSA) is 37.3 Å². The summed E-state index contributed by atoms with van der Waals surface area (Å²) in [7, 11) is 1.76. The number of rotatable bonds is 2. The van der Waals surface area contributed by atoms with Gasteiger partial charge in [-0.3, -0.25) is 0 Å². The number of hydrogen-bond acceptors (Lipinski definition) is 3. The monoisotopic (exact) mass is 185 g/mol. The van der Waals surface area contributed by atoms with Gasteiger partial charge in [0.2, 0.25) is 0 Å². The average Bonchev–Trinajstić information content (AvgIpc) is 2.26. The van der Waals surface area contributed by atoms with Crippen LogP contribution >= 0.6 is 0 Å². The lowest BCUT2D eigenvalue weighted by Crippen LogP contribution is -1.96. The Bertz CT molecular complexity index is 463. The first kappa shape index (κ1) is 8.69. The van der Waals surface area contributed by atoms with Gasteiger partial charge >= 0.3 is 0 Å². The Kier molecular flexibility index (Phi) is 2.40. The van der Waals surface area contributed by atoms with Crippen LogP contribution < -0.4 is 5.43 Å². The van der Waals surface area contributed by atoms with Crippen LogP contribution in [0.3, 0.4) is 0 Å². The van der Waals surface area contributed by atoms with Gasteiger partial charge in [0.05, 0.1) is 17.4 Å². The fourth-order valence-electron chi connectivity index (χ4n) is 1.28. The zero-order chi connectivity index (χ0) is 9.80. The number of benzene rings is 1. The maximum atomic E-state index is 4.42. The summed E-state index contributed by atoms with van der Waals surface area (Å²) in [4.78, 5) is 4.42. The number of nitrogens with one attached hydrogen (secondary N) is 1. The van der Waals surface area contributed by atoms with Crippen LogP contribution in [0.4, 0.5) is 0 Å². The molecule has 2 aromatic rings. The van der Waals surface area contributed by atoms with Crippen LogP contribution in [-0.2, 0) is 0 Å². The summed E-state index contributed by atoms with van der Waals surface area (Å²) in [6.45, 7) is 0. The van der Waals surface area contributed by atoms with Gasteiger partial charge in [0, 0.05) is 12.4 Å². The molecule has 0 amide bonds. The maximum Gasteiger partial charge on any atom is 0.0837 e. The van der Waals surface area contributed by atoms with Gasteiger partial charge in [-0.15, -0.1) is 0 Å². The normalized spacial score (nSPS) is 10.9. The van der Waals surface area contributed by atoms with E-state index in [0.717, 1.165) is 16.6 Å². The van der Waals surface area contributed by atoms with Crippen molar-refractivity contribution >= 4 is 17.1 Å². The molecule has 0 radical (unpaired) electrons. The molecule has 0 saturated carbocycles. The van der Waals surface area contributed by atoms with Crippen molar-refractivity contribution in [2.24, 2.45) is 5.10 Å². The van der Waals surface area contributed by atoms with Crippen molar-refractivity contribution in [1.82, 2.24) is 10.4 Å². The van der Waals surface area contributed by atoms with Crippen LogP contribution in [0.25, 0.3) is 10.9 Å². The Morgan fingerprint density at radius 2 is 2.07 bits per heavy atom. The zero-order valence-electron chi connectivity index (χ0n) is 7.94. The van der Waals surface area contributed by atoms with E-state index in [1.807, 2.05) is 36.4 Å². The molecular formula is C11H11N3. The molecule has 1 aromatic carbocycles. The van der Waals surface area contributed by atoms with Crippen molar-refractivity contribution in [3.8, 4) is 0 Å². The first-order valence-electron chi connectivity index (χ1n) is 4.46. The molecule has 2 rings (SSSR count). The molecule has 3 heteroatoms. The molecule has 0 aliphatic carbocycles. The first-order chi connectivity index (χ1) is 6.90. The highest BCUT2D eigenvalue weighted by atomic mass is 15.3. The highest BCUT2D eigenvalue weighted by Crippen LogP contribution is 2.10. The minimum atomic E-state index is 0.859. The van der Waals surface area contributed by atoms with Crippen LogP contribution in [0.15, 0.2) is 41.5 Å². The quantitative estimate of drug-likeness (QED) is 0.572. The lowest BCUT2D eigenvalue weighted by molar-refractivity contribution is 0.907. The molecule has 1 aromatic heterocycles. The average molecular weight is 185 g/mol. The smallest absolute Gasteiger partial charge is 0.0837 e. The van der Waals surface area contributed by atoms with Gasteiger partial charge in [-0.2, -0.15) is 5.10 Å². The predicted octanol–water partition coefficient (Wildman–Crippen LogP) is 1.79. The van der Waals surface area contributed by atoms with Crippen LogP contribution in [-0.4, -0.2) is 18.2 Å². The van der Waals surface area contributed by atoms with Gasteiger partial charge < -0.3 is 5.43 Å². The lowest BCUT2D eigenvalue weighted by atomic mass is 10.2. The second-order valence-electron chi connectivity index (χ2n) is 2.91. The minimum absolute atomic E-state index is 0.859. The Balaban J connectivity index is 2.46. The molecule has 1 heterocycles. The minimum Gasteiger partial charge on any atom is -0.313 e. The van der Waals surface area contributed by atoms with E-state index >= 15 is 0 Å². The zero-order valence-corrected chi connectivity index (χ0v) is 7.94. The predicted molar refractivity (Wildman–Crippen MR) is 58.4 cm³/mol. The third-order valence-corrected chi connectivity index (χ3v) is 1.95. The Hall–Kier alpha value is -1.90. The van der Waals surface area contributed by atoms with Gasteiger partial charge in [-0.05, 0) is 12.1 Å². The highest BCUT2D eigenvalue weighted by molar-refractivity contribution is 5.84. The SMILES string of the molecule is CN/N=C/c1ccc2ccccc2n1. The van der Waals surface area contributed by atoms with E-state index in [1.54, 1.807) is 13.3 Å². The summed E-state index contributed by atoms with van der Waals surface area (Å²) in [5, 5.41) is 5.06. The molecule has 0 saturated heterocycles. The maximum absolute atomic E-state index is 4.42. The molecular weight excluding hydrogens is 174 g/mol.